The van der Waals surface area contributed by atoms with Crippen LogP contribution in [0, 0.1) is 5.92 Å². The van der Waals surface area contributed by atoms with Crippen LogP contribution in [-0.2, 0) is 15.8 Å². The number of hydrogen-bond donors (Lipinski definition) is 2. The van der Waals surface area contributed by atoms with Crippen molar-refractivity contribution < 1.29 is 41.9 Å². The maximum Gasteiger partial charge on any atom is 0.433 e. The highest BCUT2D eigenvalue weighted by molar-refractivity contribution is 6.23. The highest BCUT2D eigenvalue weighted by Gasteiger charge is 2.45. The van der Waals surface area contributed by atoms with Crippen molar-refractivity contribution >= 4 is 46.6 Å². The van der Waals surface area contributed by atoms with E-state index >= 15 is 0 Å². The van der Waals surface area contributed by atoms with Gasteiger partial charge in [0.2, 0.25) is 11.8 Å². The molecule has 5 amide bonds. The van der Waals surface area contributed by atoms with Gasteiger partial charge in [0.25, 0.3) is 17.7 Å². The number of imide groups is 2. The molecule has 4 aromatic rings. The Morgan fingerprint density at radius 1 is 0.911 bits per heavy atom. The minimum Gasteiger partial charge on any atom is -0.494 e. The third-order valence-electron chi connectivity index (χ3n) is 11.2. The van der Waals surface area contributed by atoms with Crippen molar-refractivity contribution in [3.05, 3.63) is 83.1 Å². The number of likely N-dealkylation sites (tertiary alicyclic amines) is 1. The van der Waals surface area contributed by atoms with Crippen molar-refractivity contribution in [3.8, 4) is 5.75 Å². The lowest BCUT2D eigenvalue weighted by Gasteiger charge is -2.38. The van der Waals surface area contributed by atoms with E-state index in [1.807, 2.05) is 12.3 Å². The normalized spacial score (nSPS) is 20.1. The Hall–Kier alpha value is -5.84. The van der Waals surface area contributed by atoms with Gasteiger partial charge in [0, 0.05) is 56.1 Å². The zero-order valence-electron chi connectivity index (χ0n) is 30.5. The topological polar surface area (TPSA) is 159 Å². The number of amides is 5. The van der Waals surface area contributed by atoms with E-state index < -0.39 is 47.4 Å². The standard InChI is InChI=1S/C39H39F3N8O6/c1-56-31-18-33-44-28(20-49(33)21-29(31)45-35(52)27-3-2-4-32(43-27)39(40,41)42)23-11-13-47(14-12-23)19-22-9-15-48(16-10-22)24-5-6-25-26(17-24)38(55)50(37(25)54)30-7-8-34(51)46-36(30)53/h2-6,17-18,20-23,30H,7-16,19H2,1H3,(H,45,52)(H,46,51,53). The van der Waals surface area contributed by atoms with Gasteiger partial charge < -0.3 is 24.3 Å². The number of rotatable bonds is 8. The molecule has 14 nitrogen and oxygen atoms in total. The second-order valence-electron chi connectivity index (χ2n) is 14.7. The zero-order chi connectivity index (χ0) is 39.3. The monoisotopic (exact) mass is 772 g/mol. The summed E-state index contributed by atoms with van der Waals surface area (Å²) in [5.41, 5.74) is 1.69. The molecule has 17 heteroatoms. The Morgan fingerprint density at radius 3 is 2.38 bits per heavy atom. The maximum absolute atomic E-state index is 13.3. The minimum atomic E-state index is -4.68. The molecule has 0 aliphatic carbocycles. The number of ether oxygens (including phenoxy) is 1. The molecule has 0 radical (unpaired) electrons. The van der Waals surface area contributed by atoms with E-state index in [0.717, 1.165) is 86.8 Å². The minimum absolute atomic E-state index is 0.0730. The fraction of sp³-hybridized carbons (Fsp3) is 0.410. The number of imidazole rings is 1. The third-order valence-corrected chi connectivity index (χ3v) is 11.2. The number of nitrogens with one attached hydrogen (secondary N) is 2. The van der Waals surface area contributed by atoms with Crippen molar-refractivity contribution in [1.29, 1.82) is 0 Å². The van der Waals surface area contributed by atoms with Gasteiger partial charge in [-0.1, -0.05) is 6.07 Å². The lowest BCUT2D eigenvalue weighted by atomic mass is 9.91. The number of carbonyl (C=O) groups is 5. The number of halogens is 3. The number of piperidine rings is 3. The summed E-state index contributed by atoms with van der Waals surface area (Å²) in [4.78, 5) is 77.3. The van der Waals surface area contributed by atoms with Gasteiger partial charge in [0.1, 0.15) is 34.5 Å². The molecule has 3 fully saturated rings. The van der Waals surface area contributed by atoms with Crippen LogP contribution >= 0.6 is 0 Å². The number of fused-ring (bicyclic) bond motifs is 2. The van der Waals surface area contributed by atoms with Crippen molar-refractivity contribution in [3.63, 3.8) is 0 Å². The molecule has 3 saturated heterocycles. The summed E-state index contributed by atoms with van der Waals surface area (Å²) in [5, 5.41) is 4.85. The average Bonchev–Trinajstić information content (AvgIpc) is 3.71. The molecular formula is C39H39F3N8O6. The van der Waals surface area contributed by atoms with E-state index in [0.29, 0.717) is 17.3 Å². The van der Waals surface area contributed by atoms with Crippen molar-refractivity contribution in [2.24, 2.45) is 5.92 Å². The molecule has 56 heavy (non-hydrogen) atoms. The Bertz CT molecular complexity index is 2240. The number of nitrogens with zero attached hydrogens (tertiary/aromatic N) is 6. The zero-order valence-corrected chi connectivity index (χ0v) is 30.5. The SMILES string of the molecule is COc1cc2nc(C3CCN(CC4CCN(c5ccc6c(c5)C(=O)N(C5CCC(=O)NC5=O)C6=O)CC4)CC3)cn2cc1NC(=O)c1cccc(C(F)(F)F)n1. The van der Waals surface area contributed by atoms with Gasteiger partial charge in [-0.15, -0.1) is 0 Å². The van der Waals surface area contributed by atoms with Crippen LogP contribution in [-0.4, -0.2) is 99.6 Å². The summed E-state index contributed by atoms with van der Waals surface area (Å²) >= 11 is 0. The number of aromatic nitrogens is 3. The molecule has 8 rings (SSSR count). The fourth-order valence-electron chi connectivity index (χ4n) is 8.21. The van der Waals surface area contributed by atoms with Crippen LogP contribution in [0.2, 0.25) is 0 Å². The van der Waals surface area contributed by atoms with E-state index in [-0.39, 0.29) is 41.3 Å². The van der Waals surface area contributed by atoms with E-state index in [2.05, 4.69) is 25.4 Å². The molecule has 4 aliphatic rings. The van der Waals surface area contributed by atoms with Crippen LogP contribution in [0.15, 0.2) is 54.9 Å². The van der Waals surface area contributed by atoms with Gasteiger partial charge in [-0.2, -0.15) is 13.2 Å². The molecule has 3 aromatic heterocycles. The van der Waals surface area contributed by atoms with Crippen molar-refractivity contribution in [1.82, 2.24) is 29.5 Å². The molecule has 0 bridgehead atoms. The highest BCUT2D eigenvalue weighted by atomic mass is 19.4. The van der Waals surface area contributed by atoms with Gasteiger partial charge in [-0.05, 0) is 81.4 Å². The van der Waals surface area contributed by atoms with Crippen LogP contribution in [0.25, 0.3) is 5.65 Å². The molecule has 0 spiro atoms. The second kappa shape index (κ2) is 14.7. The number of benzene rings is 1. The van der Waals surface area contributed by atoms with Crippen molar-refractivity contribution in [2.75, 3.05) is 50.1 Å². The first-order valence-electron chi connectivity index (χ1n) is 18.6. The van der Waals surface area contributed by atoms with Gasteiger partial charge in [-0.3, -0.25) is 34.2 Å². The first-order chi connectivity index (χ1) is 26.9. The molecule has 7 heterocycles. The van der Waals surface area contributed by atoms with E-state index in [1.165, 1.54) is 13.2 Å². The summed E-state index contributed by atoms with van der Waals surface area (Å²) in [5.74, 6) is -1.81. The van der Waals surface area contributed by atoms with E-state index in [4.69, 9.17) is 9.72 Å². The van der Waals surface area contributed by atoms with Crippen LogP contribution in [0.1, 0.15) is 87.0 Å². The van der Waals surface area contributed by atoms with E-state index in [9.17, 15) is 37.1 Å². The Kier molecular flexibility index (Phi) is 9.72. The predicted octanol–water partition coefficient (Wildman–Crippen LogP) is 4.51. The highest BCUT2D eigenvalue weighted by Crippen LogP contribution is 2.35. The fourth-order valence-corrected chi connectivity index (χ4v) is 8.21. The molecule has 1 atom stereocenters. The van der Waals surface area contributed by atoms with Gasteiger partial charge in [-0.25, -0.2) is 9.97 Å². The molecule has 0 saturated carbocycles. The molecule has 292 valence electrons. The smallest absolute Gasteiger partial charge is 0.433 e. The van der Waals surface area contributed by atoms with Crippen molar-refractivity contribution in [2.45, 2.75) is 56.7 Å². The van der Waals surface area contributed by atoms with Crippen LogP contribution in [0.3, 0.4) is 0 Å². The number of carbonyl (C=O) groups excluding carboxylic acids is 5. The number of pyridine rings is 2. The predicted molar refractivity (Wildman–Crippen MR) is 195 cm³/mol. The van der Waals surface area contributed by atoms with Crippen LogP contribution < -0.4 is 20.3 Å². The lowest BCUT2D eigenvalue weighted by molar-refractivity contribution is -0.141. The lowest BCUT2D eigenvalue weighted by Crippen LogP contribution is -2.54. The number of anilines is 2. The molecule has 4 aliphatic heterocycles. The van der Waals surface area contributed by atoms with Gasteiger partial charge >= 0.3 is 6.18 Å². The first-order valence-corrected chi connectivity index (χ1v) is 18.6. The molecule has 1 unspecified atom stereocenters. The molecule has 1 aromatic carbocycles. The van der Waals surface area contributed by atoms with Crippen LogP contribution in [0.5, 0.6) is 5.75 Å². The first kappa shape index (κ1) is 37.1. The molecule has 2 N–H and O–H groups in total. The summed E-state index contributed by atoms with van der Waals surface area (Å²) in [6.07, 6.45) is 2.85. The second-order valence-corrected chi connectivity index (χ2v) is 14.7. The van der Waals surface area contributed by atoms with Gasteiger partial charge in [0.15, 0.2) is 0 Å². The average molecular weight is 773 g/mol. The summed E-state index contributed by atoms with van der Waals surface area (Å²) in [7, 11) is 1.44. The number of alkyl halides is 3. The Labute approximate surface area is 319 Å². The third kappa shape index (κ3) is 7.18. The van der Waals surface area contributed by atoms with Gasteiger partial charge in [0.05, 0.1) is 23.9 Å². The summed E-state index contributed by atoms with van der Waals surface area (Å²) < 4.78 is 46.7. The van der Waals surface area contributed by atoms with E-state index in [1.54, 1.807) is 28.8 Å². The number of methoxy groups -OCH3 is 1. The quantitative estimate of drug-likeness (QED) is 0.244. The maximum atomic E-state index is 13.3. The Morgan fingerprint density at radius 2 is 1.66 bits per heavy atom. The summed E-state index contributed by atoms with van der Waals surface area (Å²) in [6, 6.07) is 9.10. The number of hydrogen-bond acceptors (Lipinski definition) is 10. The summed E-state index contributed by atoms with van der Waals surface area (Å²) in [6.45, 7) is 4.42. The Balaban J connectivity index is 0.842. The van der Waals surface area contributed by atoms with Crippen LogP contribution in [0.4, 0.5) is 24.5 Å². The molecular weight excluding hydrogens is 733 g/mol. The largest absolute Gasteiger partial charge is 0.494 e.